The first-order valence-corrected chi connectivity index (χ1v) is 8.66. The Kier molecular flexibility index (Phi) is 4.57. The van der Waals surface area contributed by atoms with Crippen LogP contribution in [-0.2, 0) is 13.0 Å². The van der Waals surface area contributed by atoms with E-state index in [4.69, 9.17) is 0 Å². The van der Waals surface area contributed by atoms with Gasteiger partial charge in [-0.05, 0) is 22.9 Å². The Morgan fingerprint density at radius 1 is 0.889 bits per heavy atom. The fraction of sp³-hybridized carbons (Fsp3) is 0.150. The molecule has 7 heteroatoms. The fourth-order valence-corrected chi connectivity index (χ4v) is 2.96. The van der Waals surface area contributed by atoms with Gasteiger partial charge in [-0.2, -0.15) is 4.80 Å². The molecule has 0 saturated carbocycles. The summed E-state index contributed by atoms with van der Waals surface area (Å²) in [6.45, 7) is 0.729. The van der Waals surface area contributed by atoms with Gasteiger partial charge in [0.25, 0.3) is 11.8 Å². The highest BCUT2D eigenvalue weighted by Gasteiger charge is 2.34. The molecule has 0 radical (unpaired) electrons. The van der Waals surface area contributed by atoms with Gasteiger partial charge >= 0.3 is 0 Å². The minimum Gasteiger partial charge on any atom is -0.274 e. The third-order valence-corrected chi connectivity index (χ3v) is 4.31. The molecule has 1 aliphatic rings. The smallest absolute Gasteiger partial charge is 0.261 e. The minimum atomic E-state index is -0.270. The first-order chi connectivity index (χ1) is 13.2. The van der Waals surface area contributed by atoms with Crippen molar-refractivity contribution in [2.24, 2.45) is 0 Å². The van der Waals surface area contributed by atoms with Crippen molar-refractivity contribution in [3.8, 4) is 0 Å². The highest BCUT2D eigenvalue weighted by molar-refractivity contribution is 6.21. The summed E-state index contributed by atoms with van der Waals surface area (Å²) in [6.07, 6.45) is 4.31. The number of rotatable bonds is 6. The molecule has 0 N–H and O–H groups in total. The number of fused-ring (bicyclic) bond motifs is 1. The van der Waals surface area contributed by atoms with Crippen molar-refractivity contribution in [3.05, 3.63) is 83.2 Å². The monoisotopic (exact) mass is 359 g/mol. The van der Waals surface area contributed by atoms with Gasteiger partial charge < -0.3 is 0 Å². The summed E-state index contributed by atoms with van der Waals surface area (Å²) >= 11 is 0. The molecule has 0 unspecified atom stereocenters. The van der Waals surface area contributed by atoms with Crippen molar-refractivity contribution in [1.29, 1.82) is 0 Å². The third kappa shape index (κ3) is 3.52. The second kappa shape index (κ2) is 7.33. The lowest BCUT2D eigenvalue weighted by atomic mass is 10.1. The van der Waals surface area contributed by atoms with Crippen molar-refractivity contribution in [3.63, 3.8) is 0 Å². The van der Waals surface area contributed by atoms with Gasteiger partial charge in [0.2, 0.25) is 0 Å². The molecule has 1 aromatic heterocycles. The van der Waals surface area contributed by atoms with Gasteiger partial charge in [-0.3, -0.25) is 14.5 Å². The summed E-state index contributed by atoms with van der Waals surface area (Å²) in [5, 5.41) is 12.3. The second-order valence-corrected chi connectivity index (χ2v) is 6.13. The summed E-state index contributed by atoms with van der Waals surface area (Å²) in [4.78, 5) is 27.4. The number of carbonyl (C=O) groups excluding carboxylic acids is 2. The van der Waals surface area contributed by atoms with Crippen molar-refractivity contribution in [2.75, 3.05) is 6.54 Å². The molecule has 3 aromatic rings. The summed E-state index contributed by atoms with van der Waals surface area (Å²) < 4.78 is 0. The molecular weight excluding hydrogens is 342 g/mol. The Bertz CT molecular complexity index is 975. The van der Waals surface area contributed by atoms with Gasteiger partial charge in [0, 0.05) is 13.0 Å². The number of allylic oxidation sites excluding steroid dienone is 1. The Labute approximate surface area is 155 Å². The molecule has 0 bridgehead atoms. The normalized spacial score (nSPS) is 13.6. The average Bonchev–Trinajstić information content (AvgIpc) is 3.25. The fourth-order valence-electron chi connectivity index (χ4n) is 2.96. The summed E-state index contributed by atoms with van der Waals surface area (Å²) in [5.41, 5.74) is 2.00. The predicted octanol–water partition coefficient (Wildman–Crippen LogP) is 2.23. The Morgan fingerprint density at radius 3 is 2.26 bits per heavy atom. The molecule has 27 heavy (non-hydrogen) atoms. The van der Waals surface area contributed by atoms with Gasteiger partial charge in [0.1, 0.15) is 0 Å². The van der Waals surface area contributed by atoms with Crippen LogP contribution in [0.2, 0.25) is 0 Å². The number of nitrogens with zero attached hydrogens (tertiary/aromatic N) is 5. The van der Waals surface area contributed by atoms with E-state index in [1.165, 1.54) is 9.70 Å². The molecule has 0 fully saturated rings. The third-order valence-electron chi connectivity index (χ3n) is 4.31. The van der Waals surface area contributed by atoms with Crippen molar-refractivity contribution >= 4 is 17.9 Å². The number of imide groups is 1. The van der Waals surface area contributed by atoms with Crippen molar-refractivity contribution < 1.29 is 9.59 Å². The zero-order chi connectivity index (χ0) is 18.6. The van der Waals surface area contributed by atoms with Crippen LogP contribution in [0.25, 0.3) is 6.08 Å². The number of aromatic nitrogens is 4. The summed E-state index contributed by atoms with van der Waals surface area (Å²) in [7, 11) is 0. The molecule has 2 aromatic carbocycles. The van der Waals surface area contributed by atoms with Gasteiger partial charge in [-0.15, -0.1) is 10.2 Å². The summed E-state index contributed by atoms with van der Waals surface area (Å²) in [6, 6.07) is 16.8. The van der Waals surface area contributed by atoms with Gasteiger partial charge in [-0.25, -0.2) is 0 Å². The van der Waals surface area contributed by atoms with Crippen LogP contribution in [0.4, 0.5) is 0 Å². The van der Waals surface area contributed by atoms with E-state index in [2.05, 4.69) is 15.4 Å². The first-order valence-electron chi connectivity index (χ1n) is 8.66. The number of benzene rings is 2. The molecule has 2 amide bonds. The SMILES string of the molecule is O=C1c2ccccc2C(=O)N1CCc1nnn(C/C=C/c2ccccc2)n1. The molecule has 0 atom stereocenters. The van der Waals surface area contributed by atoms with E-state index in [9.17, 15) is 9.59 Å². The van der Waals surface area contributed by atoms with Gasteiger partial charge in [0.15, 0.2) is 5.82 Å². The van der Waals surface area contributed by atoms with E-state index in [1.807, 2.05) is 42.5 Å². The lowest BCUT2D eigenvalue weighted by Gasteiger charge is -2.11. The topological polar surface area (TPSA) is 81.0 Å². The zero-order valence-electron chi connectivity index (χ0n) is 14.5. The molecule has 1 aliphatic heterocycles. The molecule has 2 heterocycles. The number of hydrogen-bond acceptors (Lipinski definition) is 5. The number of carbonyl (C=O) groups is 2. The van der Waals surface area contributed by atoms with E-state index in [0.717, 1.165) is 5.56 Å². The number of amides is 2. The van der Waals surface area contributed by atoms with Crippen LogP contribution >= 0.6 is 0 Å². The maximum absolute atomic E-state index is 12.3. The highest BCUT2D eigenvalue weighted by Crippen LogP contribution is 2.22. The van der Waals surface area contributed by atoms with E-state index >= 15 is 0 Å². The van der Waals surface area contributed by atoms with Crippen LogP contribution in [0.3, 0.4) is 0 Å². The standard InChI is InChI=1S/C20H17N5O2/c26-19-16-10-4-5-11-17(16)20(27)24(19)14-12-18-21-23-25(22-18)13-6-9-15-7-2-1-3-8-15/h1-11H,12-14H2/b9-6+. The first kappa shape index (κ1) is 16.8. The van der Waals surface area contributed by atoms with Crippen LogP contribution in [-0.4, -0.2) is 43.5 Å². The minimum absolute atomic E-state index is 0.234. The molecule has 0 aliphatic carbocycles. The van der Waals surface area contributed by atoms with Crippen LogP contribution in [0.5, 0.6) is 0 Å². The van der Waals surface area contributed by atoms with Crippen molar-refractivity contribution in [2.45, 2.75) is 13.0 Å². The highest BCUT2D eigenvalue weighted by atomic mass is 16.2. The van der Waals surface area contributed by atoms with E-state index in [0.29, 0.717) is 29.9 Å². The zero-order valence-corrected chi connectivity index (χ0v) is 14.5. The lowest BCUT2D eigenvalue weighted by molar-refractivity contribution is 0.0655. The maximum Gasteiger partial charge on any atom is 0.261 e. The Hall–Kier alpha value is -3.61. The molecule has 134 valence electrons. The molecule has 0 spiro atoms. The largest absolute Gasteiger partial charge is 0.274 e. The number of hydrogen-bond donors (Lipinski definition) is 0. The van der Waals surface area contributed by atoms with Crippen LogP contribution < -0.4 is 0 Å². The average molecular weight is 359 g/mol. The second-order valence-electron chi connectivity index (χ2n) is 6.13. The maximum atomic E-state index is 12.3. The predicted molar refractivity (Wildman–Crippen MR) is 98.8 cm³/mol. The molecule has 7 nitrogen and oxygen atoms in total. The van der Waals surface area contributed by atoms with E-state index in [-0.39, 0.29) is 18.4 Å². The van der Waals surface area contributed by atoms with Crippen LogP contribution in [0, 0.1) is 0 Å². The number of tetrazole rings is 1. The Balaban J connectivity index is 1.35. The van der Waals surface area contributed by atoms with Gasteiger partial charge in [0.05, 0.1) is 17.7 Å². The lowest BCUT2D eigenvalue weighted by Crippen LogP contribution is -2.32. The van der Waals surface area contributed by atoms with Crippen LogP contribution in [0.1, 0.15) is 32.1 Å². The molecule has 0 saturated heterocycles. The van der Waals surface area contributed by atoms with E-state index in [1.54, 1.807) is 24.3 Å². The summed E-state index contributed by atoms with van der Waals surface area (Å²) in [5.74, 6) is -0.0396. The molecule has 4 rings (SSSR count). The van der Waals surface area contributed by atoms with Gasteiger partial charge in [-0.1, -0.05) is 54.6 Å². The van der Waals surface area contributed by atoms with Crippen LogP contribution in [0.15, 0.2) is 60.7 Å². The quantitative estimate of drug-likeness (QED) is 0.631. The Morgan fingerprint density at radius 2 is 1.56 bits per heavy atom. The van der Waals surface area contributed by atoms with Crippen molar-refractivity contribution in [1.82, 2.24) is 25.1 Å². The van der Waals surface area contributed by atoms with E-state index < -0.39 is 0 Å². The molecular formula is C20H17N5O2.